The smallest absolute Gasteiger partial charge is 0.272 e. The second-order valence-corrected chi connectivity index (χ2v) is 5.76. The molecule has 1 atom stereocenters. The number of aliphatic hydroxyl groups excluding tert-OH is 1. The van der Waals surface area contributed by atoms with Crippen LogP contribution in [0.3, 0.4) is 0 Å². The van der Waals surface area contributed by atoms with Gasteiger partial charge in [-0.15, -0.1) is 0 Å². The molecule has 0 bridgehead atoms. The molecule has 0 heterocycles. The number of para-hydroxylation sites is 1. The number of aliphatic hydroxyl groups is 1. The van der Waals surface area contributed by atoms with E-state index in [4.69, 9.17) is 0 Å². The molecule has 1 aliphatic rings. The molecule has 20 heavy (non-hydrogen) atoms. The van der Waals surface area contributed by atoms with Gasteiger partial charge in [-0.3, -0.25) is 10.1 Å². The zero-order valence-electron chi connectivity index (χ0n) is 11.8. The third-order valence-corrected chi connectivity index (χ3v) is 4.31. The fourth-order valence-electron chi connectivity index (χ4n) is 3.13. The molecule has 1 aliphatic carbocycles. The molecule has 0 amide bonds. The average molecular weight is 277 g/mol. The van der Waals surface area contributed by atoms with Crippen LogP contribution in [0.1, 0.15) is 50.5 Å². The first-order valence-electron chi connectivity index (χ1n) is 7.59. The highest BCUT2D eigenvalue weighted by molar-refractivity contribution is 5.40. The van der Waals surface area contributed by atoms with E-state index in [-0.39, 0.29) is 16.5 Å². The van der Waals surface area contributed by atoms with Crippen LogP contribution < -0.4 is 0 Å². The van der Waals surface area contributed by atoms with Crippen molar-refractivity contribution in [1.82, 2.24) is 0 Å². The first-order valence-corrected chi connectivity index (χ1v) is 7.59. The molecule has 0 aliphatic heterocycles. The van der Waals surface area contributed by atoms with Crippen molar-refractivity contribution in [2.45, 2.75) is 57.5 Å². The van der Waals surface area contributed by atoms with Crippen LogP contribution in [0.4, 0.5) is 5.69 Å². The van der Waals surface area contributed by atoms with Gasteiger partial charge in [-0.05, 0) is 18.8 Å². The monoisotopic (exact) mass is 277 g/mol. The normalized spacial score (nSPS) is 19.1. The van der Waals surface area contributed by atoms with E-state index in [1.807, 2.05) is 0 Å². The van der Waals surface area contributed by atoms with Crippen LogP contribution in [0.5, 0.6) is 0 Å². The van der Waals surface area contributed by atoms with E-state index in [9.17, 15) is 15.2 Å². The summed E-state index contributed by atoms with van der Waals surface area (Å²) in [5.41, 5.74) is 0.768. The minimum atomic E-state index is -0.464. The van der Waals surface area contributed by atoms with Gasteiger partial charge in [-0.1, -0.05) is 50.3 Å². The Kier molecular flexibility index (Phi) is 5.53. The lowest BCUT2D eigenvalue weighted by atomic mass is 9.85. The number of hydrogen-bond acceptors (Lipinski definition) is 3. The van der Waals surface area contributed by atoms with Crippen molar-refractivity contribution >= 4 is 5.69 Å². The lowest BCUT2D eigenvalue weighted by Crippen LogP contribution is -2.24. The van der Waals surface area contributed by atoms with Gasteiger partial charge in [0.15, 0.2) is 0 Å². The lowest BCUT2D eigenvalue weighted by Gasteiger charge is -2.24. The SMILES string of the molecule is O=[N+]([O-])c1ccccc1CC(O)C1CCCCCCC1. The molecule has 0 saturated heterocycles. The molecule has 0 spiro atoms. The van der Waals surface area contributed by atoms with Crippen molar-refractivity contribution in [3.05, 3.63) is 39.9 Å². The Labute approximate surface area is 120 Å². The van der Waals surface area contributed by atoms with Crippen LogP contribution in [0.2, 0.25) is 0 Å². The summed E-state index contributed by atoms with van der Waals surface area (Å²) < 4.78 is 0. The van der Waals surface area contributed by atoms with Gasteiger partial charge in [0.25, 0.3) is 5.69 Å². The summed E-state index contributed by atoms with van der Waals surface area (Å²) in [5, 5.41) is 21.4. The van der Waals surface area contributed by atoms with Gasteiger partial charge in [0.05, 0.1) is 11.0 Å². The van der Waals surface area contributed by atoms with Crippen molar-refractivity contribution in [2.75, 3.05) is 0 Å². The number of nitro groups is 1. The maximum Gasteiger partial charge on any atom is 0.272 e. The van der Waals surface area contributed by atoms with E-state index >= 15 is 0 Å². The Bertz CT molecular complexity index is 439. The lowest BCUT2D eigenvalue weighted by molar-refractivity contribution is -0.385. The number of nitrogens with zero attached hydrogens (tertiary/aromatic N) is 1. The molecule has 1 fully saturated rings. The van der Waals surface area contributed by atoms with Crippen LogP contribution in [0, 0.1) is 16.0 Å². The molecule has 0 aromatic heterocycles. The predicted molar refractivity (Wildman–Crippen MR) is 78.6 cm³/mol. The third kappa shape index (κ3) is 4.04. The number of hydrogen-bond donors (Lipinski definition) is 1. The quantitative estimate of drug-likeness (QED) is 0.671. The Morgan fingerprint density at radius 2 is 1.75 bits per heavy atom. The van der Waals surface area contributed by atoms with E-state index in [1.165, 1.54) is 38.2 Å². The summed E-state index contributed by atoms with van der Waals surface area (Å²) in [7, 11) is 0. The van der Waals surface area contributed by atoms with Gasteiger partial charge in [-0.25, -0.2) is 0 Å². The van der Waals surface area contributed by atoms with Crippen LogP contribution in [-0.4, -0.2) is 16.1 Å². The van der Waals surface area contributed by atoms with Crippen LogP contribution in [0.15, 0.2) is 24.3 Å². The predicted octanol–water partition coefficient (Wildman–Crippen LogP) is 3.86. The summed E-state index contributed by atoms with van der Waals surface area (Å²) in [5.74, 6) is 0.287. The van der Waals surface area contributed by atoms with E-state index < -0.39 is 6.10 Å². The summed E-state index contributed by atoms with van der Waals surface area (Å²) >= 11 is 0. The molecule has 2 rings (SSSR count). The zero-order chi connectivity index (χ0) is 14.4. The average Bonchev–Trinajstić information content (AvgIpc) is 2.38. The number of nitro benzene ring substituents is 1. The molecular formula is C16H23NO3. The molecule has 1 saturated carbocycles. The van der Waals surface area contributed by atoms with Crippen LogP contribution in [0.25, 0.3) is 0 Å². The highest BCUT2D eigenvalue weighted by atomic mass is 16.6. The van der Waals surface area contributed by atoms with Crippen molar-refractivity contribution in [3.63, 3.8) is 0 Å². The number of rotatable bonds is 4. The minimum absolute atomic E-state index is 0.123. The molecule has 1 aromatic carbocycles. The van der Waals surface area contributed by atoms with E-state index in [0.717, 1.165) is 12.8 Å². The summed E-state index contributed by atoms with van der Waals surface area (Å²) in [4.78, 5) is 10.6. The standard InChI is InChI=1S/C16H23NO3/c18-16(13-8-4-2-1-3-5-9-13)12-14-10-6-7-11-15(14)17(19)20/h6-7,10-11,13,16,18H,1-5,8-9,12H2. The fraction of sp³-hybridized carbons (Fsp3) is 0.625. The van der Waals surface area contributed by atoms with E-state index in [2.05, 4.69) is 0 Å². The van der Waals surface area contributed by atoms with E-state index in [1.54, 1.807) is 18.2 Å². The zero-order valence-corrected chi connectivity index (χ0v) is 11.8. The first kappa shape index (κ1) is 15.0. The molecule has 0 radical (unpaired) electrons. The van der Waals surface area contributed by atoms with E-state index in [0.29, 0.717) is 12.0 Å². The molecule has 4 nitrogen and oxygen atoms in total. The molecule has 4 heteroatoms. The van der Waals surface area contributed by atoms with Gasteiger partial charge < -0.3 is 5.11 Å². The topological polar surface area (TPSA) is 63.4 Å². The Morgan fingerprint density at radius 1 is 1.15 bits per heavy atom. The van der Waals surface area contributed by atoms with Gasteiger partial charge in [0.1, 0.15) is 0 Å². The molecule has 110 valence electrons. The summed E-state index contributed by atoms with van der Waals surface area (Å²) in [6.07, 6.45) is 8.13. The maximum atomic E-state index is 11.0. The number of benzene rings is 1. The van der Waals surface area contributed by atoms with Gasteiger partial charge in [0, 0.05) is 18.1 Å². The van der Waals surface area contributed by atoms with Gasteiger partial charge in [0.2, 0.25) is 0 Å². The molecule has 1 aromatic rings. The molecule has 1 unspecified atom stereocenters. The van der Waals surface area contributed by atoms with Gasteiger partial charge in [-0.2, -0.15) is 0 Å². The van der Waals surface area contributed by atoms with Crippen LogP contribution in [-0.2, 0) is 6.42 Å². The van der Waals surface area contributed by atoms with Gasteiger partial charge >= 0.3 is 0 Å². The van der Waals surface area contributed by atoms with Crippen molar-refractivity contribution in [2.24, 2.45) is 5.92 Å². The van der Waals surface area contributed by atoms with Crippen molar-refractivity contribution < 1.29 is 10.0 Å². The van der Waals surface area contributed by atoms with Crippen molar-refractivity contribution in [3.8, 4) is 0 Å². The minimum Gasteiger partial charge on any atom is -0.392 e. The van der Waals surface area contributed by atoms with Crippen molar-refractivity contribution in [1.29, 1.82) is 0 Å². The second-order valence-electron chi connectivity index (χ2n) is 5.76. The fourth-order valence-corrected chi connectivity index (χ4v) is 3.13. The highest BCUT2D eigenvalue weighted by Gasteiger charge is 2.23. The Morgan fingerprint density at radius 3 is 2.40 bits per heavy atom. The first-order chi connectivity index (χ1) is 9.68. The second kappa shape index (κ2) is 7.39. The Balaban J connectivity index is 2.02. The van der Waals surface area contributed by atoms with Crippen LogP contribution >= 0.6 is 0 Å². The summed E-state index contributed by atoms with van der Waals surface area (Å²) in [6.45, 7) is 0. The highest BCUT2D eigenvalue weighted by Crippen LogP contribution is 2.28. The largest absolute Gasteiger partial charge is 0.392 e. The maximum absolute atomic E-state index is 11.0. The summed E-state index contributed by atoms with van der Waals surface area (Å²) in [6, 6.07) is 6.74. The molecule has 1 N–H and O–H groups in total. The Hall–Kier alpha value is -1.42. The third-order valence-electron chi connectivity index (χ3n) is 4.31. The molecular weight excluding hydrogens is 254 g/mol.